The Kier molecular flexibility index (Phi) is 5.44. The molecule has 0 aliphatic carbocycles. The van der Waals surface area contributed by atoms with E-state index in [0.717, 1.165) is 30.9 Å². The van der Waals surface area contributed by atoms with E-state index in [2.05, 4.69) is 22.3 Å². The molecule has 4 nitrogen and oxygen atoms in total. The van der Waals surface area contributed by atoms with Crippen molar-refractivity contribution < 1.29 is 4.39 Å². The van der Waals surface area contributed by atoms with Gasteiger partial charge in [-0.25, -0.2) is 9.37 Å². The van der Waals surface area contributed by atoms with Gasteiger partial charge in [0.05, 0.1) is 0 Å². The van der Waals surface area contributed by atoms with Gasteiger partial charge in [0.25, 0.3) is 0 Å². The number of hydrogen-bond donors (Lipinski definition) is 1. The fourth-order valence-electron chi connectivity index (χ4n) is 2.35. The van der Waals surface area contributed by atoms with Crippen molar-refractivity contribution in [1.82, 2.24) is 20.1 Å². The van der Waals surface area contributed by atoms with E-state index in [1.807, 2.05) is 23.7 Å². The quantitative estimate of drug-likeness (QED) is 0.852. The summed E-state index contributed by atoms with van der Waals surface area (Å²) < 4.78 is 15.7. The monoisotopic (exact) mass is 290 g/mol. The normalized spacial score (nSPS) is 12.6. The highest BCUT2D eigenvalue weighted by atomic mass is 19.1. The maximum Gasteiger partial charge on any atom is 0.138 e. The SMILES string of the molecule is CCCNC(Cc1ncnn1CC)c1ccc(C)c(F)c1. The van der Waals surface area contributed by atoms with Crippen molar-refractivity contribution in [1.29, 1.82) is 0 Å². The average molecular weight is 290 g/mol. The van der Waals surface area contributed by atoms with Gasteiger partial charge in [-0.2, -0.15) is 5.10 Å². The fourth-order valence-corrected chi connectivity index (χ4v) is 2.35. The van der Waals surface area contributed by atoms with Gasteiger partial charge in [0, 0.05) is 19.0 Å². The zero-order valence-corrected chi connectivity index (χ0v) is 12.9. The van der Waals surface area contributed by atoms with Crippen LogP contribution in [-0.4, -0.2) is 21.3 Å². The smallest absolute Gasteiger partial charge is 0.138 e. The molecular weight excluding hydrogens is 267 g/mol. The Bertz CT molecular complexity index is 579. The molecule has 0 bridgehead atoms. The molecule has 1 atom stereocenters. The molecule has 0 spiro atoms. The summed E-state index contributed by atoms with van der Waals surface area (Å²) in [5.41, 5.74) is 1.63. The topological polar surface area (TPSA) is 42.7 Å². The standard InChI is InChI=1S/C16H23FN4/c1-4-8-18-15(10-16-19-11-20-21(16)5-2)13-7-6-12(3)14(17)9-13/h6-7,9,11,15,18H,4-5,8,10H2,1-3H3. The van der Waals surface area contributed by atoms with Crippen LogP contribution in [0.25, 0.3) is 0 Å². The largest absolute Gasteiger partial charge is 0.310 e. The Morgan fingerprint density at radius 3 is 2.81 bits per heavy atom. The highest BCUT2D eigenvalue weighted by molar-refractivity contribution is 5.26. The number of halogens is 1. The van der Waals surface area contributed by atoms with Crippen molar-refractivity contribution in [2.45, 2.75) is 46.2 Å². The maximum atomic E-state index is 13.8. The van der Waals surface area contributed by atoms with Crippen LogP contribution in [0.15, 0.2) is 24.5 Å². The van der Waals surface area contributed by atoms with Gasteiger partial charge in [-0.05, 0) is 44.0 Å². The first-order chi connectivity index (χ1) is 10.2. The van der Waals surface area contributed by atoms with E-state index in [1.54, 1.807) is 19.3 Å². The van der Waals surface area contributed by atoms with Crippen molar-refractivity contribution in [3.8, 4) is 0 Å². The summed E-state index contributed by atoms with van der Waals surface area (Å²) in [6, 6.07) is 5.48. The van der Waals surface area contributed by atoms with Gasteiger partial charge in [0.1, 0.15) is 18.0 Å². The second-order valence-electron chi connectivity index (χ2n) is 5.21. The lowest BCUT2D eigenvalue weighted by Gasteiger charge is -2.19. The third-order valence-electron chi connectivity index (χ3n) is 3.62. The van der Waals surface area contributed by atoms with Crippen molar-refractivity contribution in [3.05, 3.63) is 47.3 Å². The first kappa shape index (κ1) is 15.6. The van der Waals surface area contributed by atoms with E-state index in [9.17, 15) is 4.39 Å². The lowest BCUT2D eigenvalue weighted by molar-refractivity contribution is 0.493. The molecule has 0 aliphatic rings. The molecule has 21 heavy (non-hydrogen) atoms. The predicted octanol–water partition coefficient (Wildman–Crippen LogP) is 3.03. The first-order valence-electron chi connectivity index (χ1n) is 7.51. The zero-order chi connectivity index (χ0) is 15.2. The molecule has 0 amide bonds. The molecule has 0 fully saturated rings. The van der Waals surface area contributed by atoms with E-state index < -0.39 is 0 Å². The minimum atomic E-state index is -0.159. The third kappa shape index (κ3) is 3.88. The molecule has 0 aliphatic heterocycles. The number of rotatable bonds is 7. The van der Waals surface area contributed by atoms with E-state index >= 15 is 0 Å². The predicted molar refractivity (Wildman–Crippen MR) is 81.6 cm³/mol. The van der Waals surface area contributed by atoms with Crippen LogP contribution in [-0.2, 0) is 13.0 Å². The molecule has 1 unspecified atom stereocenters. The van der Waals surface area contributed by atoms with Gasteiger partial charge in [-0.1, -0.05) is 19.1 Å². The molecule has 0 radical (unpaired) electrons. The van der Waals surface area contributed by atoms with Crippen LogP contribution in [0.1, 0.15) is 43.3 Å². The molecule has 2 aromatic rings. The maximum absolute atomic E-state index is 13.8. The molecule has 2 rings (SSSR count). The minimum absolute atomic E-state index is 0.0505. The first-order valence-corrected chi connectivity index (χ1v) is 7.51. The average Bonchev–Trinajstić information content (AvgIpc) is 2.93. The van der Waals surface area contributed by atoms with E-state index in [-0.39, 0.29) is 11.9 Å². The van der Waals surface area contributed by atoms with Gasteiger partial charge in [-0.15, -0.1) is 0 Å². The lowest BCUT2D eigenvalue weighted by Crippen LogP contribution is -2.25. The Hall–Kier alpha value is -1.75. The van der Waals surface area contributed by atoms with Crippen LogP contribution in [0.4, 0.5) is 4.39 Å². The molecule has 1 aromatic heterocycles. The number of aryl methyl sites for hydroxylation is 2. The summed E-state index contributed by atoms with van der Waals surface area (Å²) in [4.78, 5) is 4.32. The lowest BCUT2D eigenvalue weighted by atomic mass is 10.0. The molecule has 1 heterocycles. The van der Waals surface area contributed by atoms with Crippen LogP contribution in [0, 0.1) is 12.7 Å². The van der Waals surface area contributed by atoms with Gasteiger partial charge in [0.15, 0.2) is 0 Å². The highest BCUT2D eigenvalue weighted by Crippen LogP contribution is 2.20. The van der Waals surface area contributed by atoms with E-state index in [1.165, 1.54) is 0 Å². The van der Waals surface area contributed by atoms with Crippen molar-refractivity contribution in [2.75, 3.05) is 6.54 Å². The Morgan fingerprint density at radius 1 is 1.33 bits per heavy atom. The number of benzene rings is 1. The summed E-state index contributed by atoms with van der Waals surface area (Å²) in [5, 5.41) is 7.67. The second kappa shape index (κ2) is 7.31. The number of nitrogens with one attached hydrogen (secondary N) is 1. The molecule has 0 saturated carbocycles. The van der Waals surface area contributed by atoms with Gasteiger partial charge in [-0.3, -0.25) is 4.68 Å². The van der Waals surface area contributed by atoms with Gasteiger partial charge >= 0.3 is 0 Å². The Labute approximate surface area is 125 Å². The third-order valence-corrected chi connectivity index (χ3v) is 3.62. The summed E-state index contributed by atoms with van der Waals surface area (Å²) in [6.07, 6.45) is 3.31. The molecule has 0 saturated heterocycles. The van der Waals surface area contributed by atoms with Crippen LogP contribution in [0.3, 0.4) is 0 Å². The molecule has 5 heteroatoms. The summed E-state index contributed by atoms with van der Waals surface area (Å²) in [6.45, 7) is 7.62. The number of hydrogen-bond acceptors (Lipinski definition) is 3. The van der Waals surface area contributed by atoms with Crippen LogP contribution < -0.4 is 5.32 Å². The molecular formula is C16H23FN4. The summed E-state index contributed by atoms with van der Waals surface area (Å²) in [5.74, 6) is 0.764. The van der Waals surface area contributed by atoms with Crippen molar-refractivity contribution in [2.24, 2.45) is 0 Å². The van der Waals surface area contributed by atoms with E-state index in [0.29, 0.717) is 12.0 Å². The fraction of sp³-hybridized carbons (Fsp3) is 0.500. The molecule has 114 valence electrons. The van der Waals surface area contributed by atoms with Crippen molar-refractivity contribution in [3.63, 3.8) is 0 Å². The highest BCUT2D eigenvalue weighted by Gasteiger charge is 2.16. The van der Waals surface area contributed by atoms with Crippen LogP contribution >= 0.6 is 0 Å². The van der Waals surface area contributed by atoms with Crippen LogP contribution in [0.2, 0.25) is 0 Å². The summed E-state index contributed by atoms with van der Waals surface area (Å²) in [7, 11) is 0. The number of aromatic nitrogens is 3. The van der Waals surface area contributed by atoms with Crippen LogP contribution in [0.5, 0.6) is 0 Å². The Balaban J connectivity index is 2.23. The zero-order valence-electron chi connectivity index (χ0n) is 12.9. The molecule has 1 aromatic carbocycles. The van der Waals surface area contributed by atoms with Gasteiger partial charge in [0.2, 0.25) is 0 Å². The van der Waals surface area contributed by atoms with Crippen molar-refractivity contribution >= 4 is 0 Å². The minimum Gasteiger partial charge on any atom is -0.310 e. The second-order valence-corrected chi connectivity index (χ2v) is 5.21. The Morgan fingerprint density at radius 2 is 2.14 bits per heavy atom. The van der Waals surface area contributed by atoms with Gasteiger partial charge < -0.3 is 5.32 Å². The summed E-state index contributed by atoms with van der Waals surface area (Å²) >= 11 is 0. The molecule has 1 N–H and O–H groups in total. The number of nitrogens with zero attached hydrogens (tertiary/aromatic N) is 3. The van der Waals surface area contributed by atoms with E-state index in [4.69, 9.17) is 0 Å².